The third-order valence-corrected chi connectivity index (χ3v) is 7.77. The van der Waals surface area contributed by atoms with Gasteiger partial charge in [-0.3, -0.25) is 14.5 Å². The molecule has 45 heavy (non-hydrogen) atoms. The monoisotopic (exact) mass is 682 g/mol. The van der Waals surface area contributed by atoms with Crippen LogP contribution in [0.3, 0.4) is 0 Å². The van der Waals surface area contributed by atoms with Gasteiger partial charge in [0.15, 0.2) is 0 Å². The molecule has 6 nitrogen and oxygen atoms in total. The van der Waals surface area contributed by atoms with E-state index in [2.05, 4.69) is 20.9 Å². The lowest BCUT2D eigenvalue weighted by Crippen LogP contribution is -2.48. The zero-order valence-electron chi connectivity index (χ0n) is 24.0. The summed E-state index contributed by atoms with van der Waals surface area (Å²) in [5.41, 5.74) is -2.74. The van der Waals surface area contributed by atoms with Crippen molar-refractivity contribution in [3.8, 4) is 0 Å². The Balaban J connectivity index is 1.64. The molecule has 0 spiro atoms. The molecule has 2 atom stereocenters. The topological polar surface area (TPSA) is 73.5 Å². The minimum atomic E-state index is -5.12. The predicted octanol–water partition coefficient (Wildman–Crippen LogP) is 6.25. The zero-order chi connectivity index (χ0) is 33.4. The van der Waals surface area contributed by atoms with Crippen LogP contribution in [0.5, 0.6) is 0 Å². The largest absolute Gasteiger partial charge is 0.416 e. The molecule has 1 aliphatic carbocycles. The molecule has 2 unspecified atom stereocenters. The molecule has 0 aliphatic heterocycles. The number of carbonyl (C=O) groups excluding carboxylic acids is 2. The highest BCUT2D eigenvalue weighted by Gasteiger charge is 2.37. The van der Waals surface area contributed by atoms with E-state index in [0.29, 0.717) is 43.9 Å². The highest BCUT2D eigenvalue weighted by molar-refractivity contribution is 6.37. The van der Waals surface area contributed by atoms with E-state index in [1.54, 1.807) is 18.2 Å². The van der Waals surface area contributed by atoms with Gasteiger partial charge < -0.3 is 16.0 Å². The average molecular weight is 683 g/mol. The summed E-state index contributed by atoms with van der Waals surface area (Å²) in [5.74, 6) is -2.03. The second-order valence-electron chi connectivity index (χ2n) is 10.2. The van der Waals surface area contributed by atoms with Crippen LogP contribution in [0, 0.1) is 5.82 Å². The molecule has 246 valence electrons. The van der Waals surface area contributed by atoms with Gasteiger partial charge in [-0.15, -0.1) is 11.6 Å². The van der Waals surface area contributed by atoms with Crippen molar-refractivity contribution in [2.75, 3.05) is 32.7 Å². The fraction of sp³-hybridized carbons (Fsp3) is 0.400. The first-order valence-electron chi connectivity index (χ1n) is 13.8. The number of hydrogen-bond donors (Lipinski definition) is 3. The number of alkyl halides is 7. The van der Waals surface area contributed by atoms with E-state index in [-0.39, 0.29) is 36.4 Å². The van der Waals surface area contributed by atoms with Gasteiger partial charge in [-0.1, -0.05) is 36.7 Å². The maximum absolute atomic E-state index is 13.3. The lowest BCUT2D eigenvalue weighted by molar-refractivity contribution is -0.143. The first-order valence-corrected chi connectivity index (χ1v) is 14.6. The Morgan fingerprint density at radius 1 is 1.02 bits per heavy atom. The number of amides is 2. The summed E-state index contributed by atoms with van der Waals surface area (Å²) >= 11 is 12.3. The van der Waals surface area contributed by atoms with Crippen LogP contribution in [-0.2, 0) is 23.7 Å². The fourth-order valence-corrected chi connectivity index (χ4v) is 4.79. The van der Waals surface area contributed by atoms with Crippen LogP contribution >= 0.6 is 23.2 Å². The first-order chi connectivity index (χ1) is 21.1. The van der Waals surface area contributed by atoms with Crippen molar-refractivity contribution in [2.45, 2.75) is 43.7 Å². The Labute approximate surface area is 265 Å². The van der Waals surface area contributed by atoms with E-state index in [4.69, 9.17) is 23.2 Å². The van der Waals surface area contributed by atoms with Crippen LogP contribution in [0.4, 0.5) is 30.7 Å². The highest BCUT2D eigenvalue weighted by atomic mass is 35.5. The number of carbonyl (C=O) groups is 2. The zero-order valence-corrected chi connectivity index (χ0v) is 25.5. The summed E-state index contributed by atoms with van der Waals surface area (Å²) in [6.45, 7) is 3.71. The number of hydrogen-bond acceptors (Lipinski definition) is 4. The molecule has 0 radical (unpaired) electrons. The summed E-state index contributed by atoms with van der Waals surface area (Å²) in [6.07, 6.45) is -6.82. The maximum atomic E-state index is 13.3. The summed E-state index contributed by atoms with van der Waals surface area (Å²) < 4.78 is 92.8. The Bertz CT molecular complexity index is 1360. The van der Waals surface area contributed by atoms with Crippen LogP contribution in [0.25, 0.3) is 0 Å². The van der Waals surface area contributed by atoms with Crippen molar-refractivity contribution in [1.29, 1.82) is 0 Å². The molecule has 2 aromatic rings. The number of halogens is 9. The quantitative estimate of drug-likeness (QED) is 0.133. The minimum absolute atomic E-state index is 0.0719. The van der Waals surface area contributed by atoms with E-state index in [0.717, 1.165) is 5.56 Å². The van der Waals surface area contributed by atoms with E-state index in [1.807, 2.05) is 6.92 Å². The second-order valence-corrected chi connectivity index (χ2v) is 11.2. The summed E-state index contributed by atoms with van der Waals surface area (Å²) in [6, 6.07) is 5.78. The third-order valence-electron chi connectivity index (χ3n) is 6.88. The van der Waals surface area contributed by atoms with E-state index in [1.165, 1.54) is 18.2 Å². The lowest BCUT2D eigenvalue weighted by Gasteiger charge is -2.25. The van der Waals surface area contributed by atoms with Gasteiger partial charge in [-0.25, -0.2) is 4.39 Å². The number of nitrogens with one attached hydrogen (secondary N) is 3. The number of benzene rings is 2. The molecule has 0 heterocycles. The van der Waals surface area contributed by atoms with Crippen LogP contribution < -0.4 is 16.0 Å². The molecule has 0 aromatic heterocycles. The van der Waals surface area contributed by atoms with Gasteiger partial charge in [0.05, 0.1) is 29.1 Å². The summed E-state index contributed by atoms with van der Waals surface area (Å²) in [5, 5.41) is 7.76. The van der Waals surface area contributed by atoms with E-state index >= 15 is 0 Å². The Hall–Kier alpha value is -3.13. The molecular weight excluding hydrogens is 652 g/mol. The minimum Gasteiger partial charge on any atom is -0.350 e. The van der Waals surface area contributed by atoms with Gasteiger partial charge in [-0.2, -0.15) is 26.3 Å². The number of nitrogens with zero attached hydrogens (tertiary/aromatic N) is 1. The number of rotatable bonds is 13. The Morgan fingerprint density at radius 3 is 2.20 bits per heavy atom. The Morgan fingerprint density at radius 2 is 1.64 bits per heavy atom. The number of allylic oxidation sites excluding steroid dienone is 2. The third kappa shape index (κ3) is 11.3. The maximum Gasteiger partial charge on any atom is 0.416 e. The predicted molar refractivity (Wildman–Crippen MR) is 157 cm³/mol. The van der Waals surface area contributed by atoms with Gasteiger partial charge in [0, 0.05) is 36.8 Å². The molecule has 2 aromatic carbocycles. The second kappa shape index (κ2) is 15.9. The summed E-state index contributed by atoms with van der Waals surface area (Å²) in [4.78, 5) is 27.7. The van der Waals surface area contributed by atoms with Crippen LogP contribution in [-0.4, -0.2) is 60.9 Å². The number of likely N-dealkylation sites (N-methyl/N-ethyl adjacent to an activating group) is 1. The van der Waals surface area contributed by atoms with Crippen molar-refractivity contribution in [2.24, 2.45) is 0 Å². The standard InChI is InChI=1S/C30H31Cl2F7N4O2/c1-2-43(17-18-3-6-23(33)7-4-18)10-9-40-16-27(44)42-26(19-5-8-24(31)25(32)13-19)15-41-28(45)20-11-21(29(34,35)36)14-22(12-20)30(37,38)39/h3-7,11-14,24,26,40H,2,8-10,15-17H2,1H3,(H,41,45)(H,42,44). The fourth-order valence-electron chi connectivity index (χ4n) is 4.42. The lowest BCUT2D eigenvalue weighted by atomic mass is 9.99. The van der Waals surface area contributed by atoms with Gasteiger partial charge in [0.2, 0.25) is 5.91 Å². The van der Waals surface area contributed by atoms with Crippen molar-refractivity contribution >= 4 is 35.0 Å². The summed E-state index contributed by atoms with van der Waals surface area (Å²) in [7, 11) is 0. The molecule has 15 heteroatoms. The first kappa shape index (κ1) is 36.3. The van der Waals surface area contributed by atoms with Gasteiger partial charge in [-0.05, 0) is 60.5 Å². The van der Waals surface area contributed by atoms with Crippen LogP contribution in [0.2, 0.25) is 0 Å². The van der Waals surface area contributed by atoms with Crippen molar-refractivity contribution in [1.82, 2.24) is 20.9 Å². The molecule has 1 aliphatic rings. The van der Waals surface area contributed by atoms with Crippen molar-refractivity contribution in [3.63, 3.8) is 0 Å². The van der Waals surface area contributed by atoms with Crippen LogP contribution in [0.15, 0.2) is 65.2 Å². The van der Waals surface area contributed by atoms with Gasteiger partial charge in [0.1, 0.15) is 5.82 Å². The molecule has 0 bridgehead atoms. The van der Waals surface area contributed by atoms with Gasteiger partial charge in [0.25, 0.3) is 5.91 Å². The molecule has 2 amide bonds. The molecule has 3 rings (SSSR count). The molecule has 3 N–H and O–H groups in total. The van der Waals surface area contributed by atoms with Gasteiger partial charge >= 0.3 is 12.4 Å². The average Bonchev–Trinajstić information content (AvgIpc) is 2.98. The molecule has 0 fully saturated rings. The highest BCUT2D eigenvalue weighted by Crippen LogP contribution is 2.36. The normalized spacial score (nSPS) is 16.2. The van der Waals surface area contributed by atoms with Crippen molar-refractivity contribution < 1.29 is 40.3 Å². The smallest absolute Gasteiger partial charge is 0.350 e. The van der Waals surface area contributed by atoms with Crippen LogP contribution in [0.1, 0.15) is 40.4 Å². The van der Waals surface area contributed by atoms with E-state index in [9.17, 15) is 40.3 Å². The molecule has 0 saturated carbocycles. The SMILES string of the molecule is CCN(CCNCC(=O)NC(CNC(=O)c1cc(C(F)(F)F)cc(C(F)(F)F)c1)C1=CCC(Cl)C(Cl)=C1)Cc1ccc(F)cc1. The Kier molecular flexibility index (Phi) is 12.9. The van der Waals surface area contributed by atoms with E-state index < -0.39 is 52.3 Å². The molecular formula is C30H31Cl2F7N4O2. The molecule has 0 saturated heterocycles. The van der Waals surface area contributed by atoms with Crippen molar-refractivity contribution in [3.05, 3.63) is 93.3 Å².